The van der Waals surface area contributed by atoms with E-state index in [0.29, 0.717) is 37.4 Å². The first-order valence-electron chi connectivity index (χ1n) is 11.7. The highest BCUT2D eigenvalue weighted by Gasteiger charge is 2.18. The van der Waals surface area contributed by atoms with Gasteiger partial charge in [-0.2, -0.15) is 4.52 Å². The maximum absolute atomic E-state index is 12.4. The molecule has 0 radical (unpaired) electrons. The minimum absolute atomic E-state index is 0.0266. The summed E-state index contributed by atoms with van der Waals surface area (Å²) in [4.78, 5) is 17.2. The summed E-state index contributed by atoms with van der Waals surface area (Å²) in [6.45, 7) is 0.534. The lowest BCUT2D eigenvalue weighted by atomic mass is 10.2. The van der Waals surface area contributed by atoms with E-state index in [2.05, 4.69) is 15.5 Å². The van der Waals surface area contributed by atoms with Gasteiger partial charge in [-0.1, -0.05) is 72.8 Å². The summed E-state index contributed by atoms with van der Waals surface area (Å²) < 4.78 is 3.78. The molecular formula is C27H23N7O. The van der Waals surface area contributed by atoms with Crippen molar-refractivity contribution in [2.75, 3.05) is 0 Å². The Balaban J connectivity index is 1.28. The molecule has 3 heterocycles. The fraction of sp³-hybridized carbons (Fsp3) is 0.148. The summed E-state index contributed by atoms with van der Waals surface area (Å²) in [5.41, 5.74) is 3.74. The second-order valence-corrected chi connectivity index (χ2v) is 8.42. The molecule has 0 aliphatic rings. The van der Waals surface area contributed by atoms with E-state index in [1.807, 2.05) is 89.3 Å². The quantitative estimate of drug-likeness (QED) is 0.384. The monoisotopic (exact) mass is 461 g/mol. The zero-order chi connectivity index (χ0) is 23.6. The van der Waals surface area contributed by atoms with E-state index >= 15 is 0 Å². The number of amides is 1. The van der Waals surface area contributed by atoms with Crippen molar-refractivity contribution in [1.82, 2.24) is 34.5 Å². The minimum atomic E-state index is 0.0266. The van der Waals surface area contributed by atoms with Crippen LogP contribution in [0.5, 0.6) is 0 Å². The number of hydrogen-bond donors (Lipinski definition) is 1. The molecule has 8 nitrogen and oxygen atoms in total. The summed E-state index contributed by atoms with van der Waals surface area (Å²) >= 11 is 0. The number of para-hydroxylation sites is 1. The van der Waals surface area contributed by atoms with Gasteiger partial charge in [0.1, 0.15) is 5.82 Å². The highest BCUT2D eigenvalue weighted by atomic mass is 16.1. The number of benzene rings is 3. The van der Waals surface area contributed by atoms with Gasteiger partial charge in [0.2, 0.25) is 5.91 Å². The Bertz CT molecular complexity index is 1640. The first kappa shape index (κ1) is 21.0. The Labute approximate surface area is 201 Å². The summed E-state index contributed by atoms with van der Waals surface area (Å²) in [7, 11) is 0. The number of carbonyl (C=O) groups is 1. The van der Waals surface area contributed by atoms with Crippen molar-refractivity contribution in [2.45, 2.75) is 25.8 Å². The highest BCUT2D eigenvalue weighted by molar-refractivity contribution is 5.94. The van der Waals surface area contributed by atoms with Crippen molar-refractivity contribution in [3.05, 3.63) is 96.3 Å². The van der Waals surface area contributed by atoms with Gasteiger partial charge in [0.25, 0.3) is 5.78 Å². The highest BCUT2D eigenvalue weighted by Crippen LogP contribution is 2.25. The van der Waals surface area contributed by atoms with Gasteiger partial charge in [-0.05, 0) is 24.1 Å². The molecule has 1 N–H and O–H groups in total. The summed E-state index contributed by atoms with van der Waals surface area (Å²) in [5, 5.41) is 17.6. The van der Waals surface area contributed by atoms with E-state index < -0.39 is 0 Å². The van der Waals surface area contributed by atoms with Gasteiger partial charge >= 0.3 is 0 Å². The predicted molar refractivity (Wildman–Crippen MR) is 134 cm³/mol. The topological polar surface area (TPSA) is 89.5 Å². The average molecular weight is 462 g/mol. The zero-order valence-electron chi connectivity index (χ0n) is 19.0. The Morgan fingerprint density at radius 1 is 0.857 bits per heavy atom. The van der Waals surface area contributed by atoms with Crippen LogP contribution >= 0.6 is 0 Å². The van der Waals surface area contributed by atoms with Gasteiger partial charge in [-0.25, -0.2) is 4.98 Å². The van der Waals surface area contributed by atoms with Gasteiger partial charge in [0, 0.05) is 30.3 Å². The van der Waals surface area contributed by atoms with Gasteiger partial charge < -0.3 is 5.32 Å². The van der Waals surface area contributed by atoms with Crippen molar-refractivity contribution < 1.29 is 4.79 Å². The van der Waals surface area contributed by atoms with Crippen LogP contribution in [-0.2, 0) is 17.8 Å². The number of nitrogens with one attached hydrogen (secondary N) is 1. The minimum Gasteiger partial charge on any atom is -0.352 e. The molecule has 35 heavy (non-hydrogen) atoms. The second-order valence-electron chi connectivity index (χ2n) is 8.42. The SMILES string of the molecule is O=C(CCCc1nnc2n3nc(-c4ccccc4)nc3c3ccccc3n12)NCc1ccccc1. The van der Waals surface area contributed by atoms with E-state index in [4.69, 9.17) is 10.1 Å². The molecule has 172 valence electrons. The maximum Gasteiger partial charge on any atom is 0.258 e. The predicted octanol–water partition coefficient (Wildman–Crippen LogP) is 4.23. The fourth-order valence-electron chi connectivity index (χ4n) is 4.34. The molecule has 0 fully saturated rings. The second kappa shape index (κ2) is 8.98. The lowest BCUT2D eigenvalue weighted by Crippen LogP contribution is -2.22. The van der Waals surface area contributed by atoms with E-state index in [-0.39, 0.29) is 5.91 Å². The van der Waals surface area contributed by atoms with Gasteiger partial charge in [0.15, 0.2) is 11.5 Å². The average Bonchev–Trinajstić information content (AvgIpc) is 3.54. The van der Waals surface area contributed by atoms with Crippen LogP contribution in [0.2, 0.25) is 0 Å². The Morgan fingerprint density at radius 2 is 1.60 bits per heavy atom. The van der Waals surface area contributed by atoms with Gasteiger partial charge in [-0.15, -0.1) is 15.3 Å². The molecule has 6 rings (SSSR count). The molecule has 0 aliphatic carbocycles. The molecule has 3 aromatic heterocycles. The van der Waals surface area contributed by atoms with Gasteiger partial charge in [0.05, 0.1) is 5.52 Å². The van der Waals surface area contributed by atoms with Crippen LogP contribution in [0, 0.1) is 0 Å². The number of hydrogen-bond acceptors (Lipinski definition) is 5. The summed E-state index contributed by atoms with van der Waals surface area (Å²) in [6, 6.07) is 27.9. The van der Waals surface area contributed by atoms with Crippen molar-refractivity contribution >= 4 is 28.2 Å². The molecule has 0 aliphatic heterocycles. The molecule has 0 bridgehead atoms. The largest absolute Gasteiger partial charge is 0.352 e. The van der Waals surface area contributed by atoms with E-state index in [1.54, 1.807) is 4.52 Å². The third-order valence-corrected chi connectivity index (χ3v) is 6.06. The normalized spacial score (nSPS) is 11.4. The molecule has 0 atom stereocenters. The van der Waals surface area contributed by atoms with E-state index in [1.165, 1.54) is 0 Å². The van der Waals surface area contributed by atoms with Crippen LogP contribution in [0.25, 0.3) is 33.7 Å². The molecule has 8 heteroatoms. The van der Waals surface area contributed by atoms with Crippen molar-refractivity contribution in [3.8, 4) is 11.4 Å². The Morgan fingerprint density at radius 3 is 2.43 bits per heavy atom. The summed E-state index contributed by atoms with van der Waals surface area (Å²) in [6.07, 6.45) is 1.71. The first-order valence-corrected chi connectivity index (χ1v) is 11.7. The van der Waals surface area contributed by atoms with E-state index in [9.17, 15) is 4.79 Å². The van der Waals surface area contributed by atoms with Crippen LogP contribution in [0.3, 0.4) is 0 Å². The smallest absolute Gasteiger partial charge is 0.258 e. The maximum atomic E-state index is 12.4. The number of aryl methyl sites for hydroxylation is 1. The molecule has 1 amide bonds. The molecule has 0 saturated heterocycles. The lowest BCUT2D eigenvalue weighted by Gasteiger charge is -2.07. The van der Waals surface area contributed by atoms with Crippen LogP contribution in [-0.4, -0.2) is 35.1 Å². The van der Waals surface area contributed by atoms with Crippen LogP contribution in [0.1, 0.15) is 24.2 Å². The van der Waals surface area contributed by atoms with Crippen molar-refractivity contribution in [3.63, 3.8) is 0 Å². The number of nitrogens with zero attached hydrogens (tertiary/aromatic N) is 6. The molecule has 6 aromatic rings. The first-order chi connectivity index (χ1) is 17.3. The van der Waals surface area contributed by atoms with Crippen LogP contribution in [0.15, 0.2) is 84.9 Å². The number of rotatable bonds is 7. The molecule has 0 spiro atoms. The van der Waals surface area contributed by atoms with Crippen molar-refractivity contribution in [1.29, 1.82) is 0 Å². The molecule has 0 saturated carbocycles. The zero-order valence-corrected chi connectivity index (χ0v) is 19.0. The fourth-order valence-corrected chi connectivity index (χ4v) is 4.34. The third kappa shape index (κ3) is 3.99. The number of fused-ring (bicyclic) bond motifs is 6. The third-order valence-electron chi connectivity index (χ3n) is 6.06. The van der Waals surface area contributed by atoms with Crippen molar-refractivity contribution in [2.24, 2.45) is 0 Å². The lowest BCUT2D eigenvalue weighted by molar-refractivity contribution is -0.121. The Hall–Kier alpha value is -4.59. The van der Waals surface area contributed by atoms with Gasteiger partial charge in [-0.3, -0.25) is 9.20 Å². The van der Waals surface area contributed by atoms with E-state index in [0.717, 1.165) is 33.5 Å². The summed E-state index contributed by atoms with van der Waals surface area (Å²) in [5.74, 6) is 2.07. The standard InChI is InChI=1S/C27H23N7O/c35-24(28-18-19-10-3-1-4-11-19)17-9-16-23-30-31-27-33(23)22-15-8-7-14-21(22)26-29-25(32-34(26)27)20-12-5-2-6-13-20/h1-8,10-15H,9,16-18H2,(H,28,35). The Kier molecular flexibility index (Phi) is 5.38. The van der Waals surface area contributed by atoms with Crippen LogP contribution in [0.4, 0.5) is 0 Å². The number of carbonyl (C=O) groups excluding carboxylic acids is 1. The van der Waals surface area contributed by atoms with Crippen LogP contribution < -0.4 is 5.32 Å². The molecular weight excluding hydrogens is 438 g/mol. The molecule has 3 aromatic carbocycles. The number of aromatic nitrogens is 6. The molecule has 0 unspecified atom stereocenters.